The maximum absolute atomic E-state index is 7.34. The number of hydrogen-bond acceptors (Lipinski definition) is 4. The van der Waals surface area contributed by atoms with E-state index in [2.05, 4.69) is 15.9 Å². The van der Waals surface area contributed by atoms with Crippen molar-refractivity contribution in [3.63, 3.8) is 0 Å². The molecule has 0 unspecified atom stereocenters. The highest BCUT2D eigenvalue weighted by Crippen LogP contribution is 2.25. The van der Waals surface area contributed by atoms with Gasteiger partial charge >= 0.3 is 0 Å². The molecule has 0 heterocycles. The number of nitrogens with two attached hydrogens (primary N) is 1. The first kappa shape index (κ1) is 15.9. The number of ether oxygens (including phenoxy) is 3. The minimum atomic E-state index is 0.0359. The molecule has 0 radical (unpaired) electrons. The zero-order valence-corrected chi connectivity index (χ0v) is 12.5. The van der Waals surface area contributed by atoms with Gasteiger partial charge in [0.2, 0.25) is 0 Å². The third-order valence-corrected chi connectivity index (χ3v) is 2.98. The number of rotatable bonds is 9. The predicted molar refractivity (Wildman–Crippen MR) is 78.0 cm³/mol. The summed E-state index contributed by atoms with van der Waals surface area (Å²) in [6.07, 6.45) is 0.882. The van der Waals surface area contributed by atoms with Crippen molar-refractivity contribution < 1.29 is 14.2 Å². The van der Waals surface area contributed by atoms with Crippen molar-refractivity contribution in [3.8, 4) is 5.75 Å². The van der Waals surface area contributed by atoms with Gasteiger partial charge < -0.3 is 19.9 Å². The monoisotopic (exact) mass is 330 g/mol. The molecule has 0 bridgehead atoms. The largest absolute Gasteiger partial charge is 0.490 e. The van der Waals surface area contributed by atoms with Crippen LogP contribution in [-0.2, 0) is 9.47 Å². The lowest BCUT2D eigenvalue weighted by Gasteiger charge is -2.09. The van der Waals surface area contributed by atoms with Crippen LogP contribution in [-0.4, -0.2) is 39.4 Å². The summed E-state index contributed by atoms with van der Waals surface area (Å²) in [5, 5.41) is 7.34. The molecule has 0 aromatic heterocycles. The van der Waals surface area contributed by atoms with Gasteiger partial charge in [-0.2, -0.15) is 0 Å². The number of benzene rings is 1. The average Bonchev–Trinajstić information content (AvgIpc) is 2.39. The molecule has 6 heteroatoms. The van der Waals surface area contributed by atoms with E-state index in [-0.39, 0.29) is 5.84 Å². The summed E-state index contributed by atoms with van der Waals surface area (Å²) >= 11 is 3.38. The Labute approximate surface area is 121 Å². The molecule has 0 spiro atoms. The number of nitrogen functional groups attached to an aromatic ring is 1. The van der Waals surface area contributed by atoms with E-state index in [0.29, 0.717) is 37.7 Å². The van der Waals surface area contributed by atoms with Crippen LogP contribution in [0.3, 0.4) is 0 Å². The van der Waals surface area contributed by atoms with Gasteiger partial charge in [-0.1, -0.05) is 0 Å². The van der Waals surface area contributed by atoms with Gasteiger partial charge in [0.1, 0.15) is 18.2 Å². The lowest BCUT2D eigenvalue weighted by molar-refractivity contribution is 0.0805. The second-order valence-electron chi connectivity index (χ2n) is 3.87. The van der Waals surface area contributed by atoms with E-state index in [4.69, 9.17) is 25.4 Å². The quantitative estimate of drug-likeness (QED) is 0.413. The lowest BCUT2D eigenvalue weighted by Crippen LogP contribution is -2.11. The predicted octanol–water partition coefficient (Wildman–Crippen LogP) is 2.17. The summed E-state index contributed by atoms with van der Waals surface area (Å²) in [5.74, 6) is 0.749. The topological polar surface area (TPSA) is 77.6 Å². The van der Waals surface area contributed by atoms with E-state index in [1.165, 1.54) is 0 Å². The molecule has 0 fully saturated rings. The molecule has 0 saturated carbocycles. The highest BCUT2D eigenvalue weighted by atomic mass is 79.9. The second-order valence-corrected chi connectivity index (χ2v) is 4.72. The first-order valence-electron chi connectivity index (χ1n) is 5.98. The Balaban J connectivity index is 2.28. The Kier molecular flexibility index (Phi) is 7.47. The molecule has 1 aromatic carbocycles. The van der Waals surface area contributed by atoms with Crippen molar-refractivity contribution in [1.82, 2.24) is 0 Å². The van der Waals surface area contributed by atoms with E-state index in [0.717, 1.165) is 10.9 Å². The summed E-state index contributed by atoms with van der Waals surface area (Å²) in [6.45, 7) is 2.39. The van der Waals surface area contributed by atoms with E-state index < -0.39 is 0 Å². The molecule has 0 amide bonds. The minimum Gasteiger partial charge on any atom is -0.490 e. The number of hydrogen-bond donors (Lipinski definition) is 2. The highest BCUT2D eigenvalue weighted by Gasteiger charge is 2.04. The first-order valence-corrected chi connectivity index (χ1v) is 6.78. The van der Waals surface area contributed by atoms with Gasteiger partial charge in [0.25, 0.3) is 0 Å². The fourth-order valence-corrected chi connectivity index (χ4v) is 1.90. The molecular formula is C13H19BrN2O3. The van der Waals surface area contributed by atoms with E-state index in [1.54, 1.807) is 25.3 Å². The van der Waals surface area contributed by atoms with Gasteiger partial charge in [-0.15, -0.1) is 0 Å². The van der Waals surface area contributed by atoms with Crippen LogP contribution >= 0.6 is 15.9 Å². The molecule has 3 N–H and O–H groups in total. The summed E-state index contributed by atoms with van der Waals surface area (Å²) in [6, 6.07) is 5.30. The third-order valence-electron chi connectivity index (χ3n) is 2.37. The molecule has 5 nitrogen and oxygen atoms in total. The molecule has 0 saturated heterocycles. The number of methoxy groups -OCH3 is 1. The van der Waals surface area contributed by atoms with Crippen molar-refractivity contribution >= 4 is 21.8 Å². The molecule has 1 rings (SSSR count). The van der Waals surface area contributed by atoms with Gasteiger partial charge in [-0.05, 0) is 40.5 Å². The summed E-state index contributed by atoms with van der Waals surface area (Å²) in [7, 11) is 1.67. The number of amidine groups is 1. The first-order chi connectivity index (χ1) is 9.15. The van der Waals surface area contributed by atoms with Crippen molar-refractivity contribution in [1.29, 1.82) is 5.41 Å². The molecule has 106 valence electrons. The van der Waals surface area contributed by atoms with Crippen molar-refractivity contribution in [3.05, 3.63) is 28.2 Å². The van der Waals surface area contributed by atoms with Crippen LogP contribution in [0.25, 0.3) is 0 Å². The maximum atomic E-state index is 7.34. The van der Waals surface area contributed by atoms with E-state index in [1.807, 2.05) is 0 Å². The zero-order valence-electron chi connectivity index (χ0n) is 10.9. The summed E-state index contributed by atoms with van der Waals surface area (Å²) in [5.41, 5.74) is 6.07. The van der Waals surface area contributed by atoms with Crippen molar-refractivity contribution in [2.24, 2.45) is 5.73 Å². The number of halogens is 1. The standard InChI is InChI=1S/C13H19BrN2O3/c1-17-5-2-6-18-7-8-19-12-4-3-10(13(15)16)9-11(12)14/h3-4,9H,2,5-8H2,1H3,(H3,15,16). The van der Waals surface area contributed by atoms with Crippen LogP contribution in [0.2, 0.25) is 0 Å². The summed E-state index contributed by atoms with van der Waals surface area (Å²) in [4.78, 5) is 0. The summed E-state index contributed by atoms with van der Waals surface area (Å²) < 4.78 is 16.6. The van der Waals surface area contributed by atoms with E-state index in [9.17, 15) is 0 Å². The molecule has 1 aromatic rings. The lowest BCUT2D eigenvalue weighted by atomic mass is 10.2. The van der Waals surface area contributed by atoms with Crippen molar-refractivity contribution in [2.45, 2.75) is 6.42 Å². The fraction of sp³-hybridized carbons (Fsp3) is 0.462. The molecule has 0 aliphatic rings. The number of nitrogens with one attached hydrogen (secondary N) is 1. The Bertz CT molecular complexity index is 413. The SMILES string of the molecule is COCCCOCCOc1ccc(C(=N)N)cc1Br. The van der Waals surface area contributed by atoms with Gasteiger partial charge in [-0.3, -0.25) is 5.41 Å². The van der Waals surface area contributed by atoms with Crippen LogP contribution in [0.15, 0.2) is 22.7 Å². The molecule has 19 heavy (non-hydrogen) atoms. The van der Waals surface area contributed by atoms with Crippen molar-refractivity contribution in [2.75, 3.05) is 33.5 Å². The smallest absolute Gasteiger partial charge is 0.133 e. The second kappa shape index (κ2) is 8.90. The van der Waals surface area contributed by atoms with Crippen LogP contribution in [0.4, 0.5) is 0 Å². The Morgan fingerprint density at radius 2 is 2.05 bits per heavy atom. The molecule has 0 aliphatic carbocycles. The zero-order chi connectivity index (χ0) is 14.1. The fourth-order valence-electron chi connectivity index (χ4n) is 1.40. The molecule has 0 atom stereocenters. The van der Waals surface area contributed by atoms with Gasteiger partial charge in [0.05, 0.1) is 11.1 Å². The van der Waals surface area contributed by atoms with Crippen LogP contribution in [0.5, 0.6) is 5.75 Å². The third kappa shape index (κ3) is 6.04. The van der Waals surface area contributed by atoms with Gasteiger partial charge in [0.15, 0.2) is 0 Å². The Hall–Kier alpha value is -1.11. The Morgan fingerprint density at radius 3 is 2.68 bits per heavy atom. The normalized spacial score (nSPS) is 10.4. The molecular weight excluding hydrogens is 312 g/mol. The molecule has 0 aliphatic heterocycles. The van der Waals surface area contributed by atoms with Gasteiger partial charge in [0, 0.05) is 25.9 Å². The minimum absolute atomic E-state index is 0.0359. The highest BCUT2D eigenvalue weighted by molar-refractivity contribution is 9.10. The average molecular weight is 331 g/mol. The Morgan fingerprint density at radius 1 is 1.26 bits per heavy atom. The van der Waals surface area contributed by atoms with E-state index >= 15 is 0 Å². The van der Waals surface area contributed by atoms with Crippen LogP contribution in [0.1, 0.15) is 12.0 Å². The van der Waals surface area contributed by atoms with Crippen LogP contribution < -0.4 is 10.5 Å². The van der Waals surface area contributed by atoms with Crippen LogP contribution in [0, 0.1) is 5.41 Å². The van der Waals surface area contributed by atoms with Gasteiger partial charge in [-0.25, -0.2) is 0 Å². The maximum Gasteiger partial charge on any atom is 0.133 e.